The van der Waals surface area contributed by atoms with E-state index in [1.54, 1.807) is 30.4 Å². The smallest absolute Gasteiger partial charge is 0.277 e. The minimum absolute atomic E-state index is 0.0146. The van der Waals surface area contributed by atoms with E-state index in [0.717, 1.165) is 5.56 Å². The fourth-order valence-corrected chi connectivity index (χ4v) is 1.94. The number of non-ortho nitro benzene ring substituents is 1. The summed E-state index contributed by atoms with van der Waals surface area (Å²) in [6, 6.07) is 13.6. The molecule has 25 heavy (non-hydrogen) atoms. The molecule has 0 aliphatic heterocycles. The molecule has 0 fully saturated rings. The van der Waals surface area contributed by atoms with Crippen molar-refractivity contribution in [1.82, 2.24) is 5.43 Å². The molecule has 0 saturated heterocycles. The molecule has 0 unspecified atom stereocenters. The van der Waals surface area contributed by atoms with Crippen LogP contribution in [0.3, 0.4) is 0 Å². The first kappa shape index (κ1) is 17.9. The summed E-state index contributed by atoms with van der Waals surface area (Å²) >= 11 is 0. The van der Waals surface area contributed by atoms with Gasteiger partial charge in [-0.1, -0.05) is 36.4 Å². The topological polar surface area (TPSA) is 93.8 Å². The Kier molecular flexibility index (Phi) is 6.41. The molecule has 7 heteroatoms. The van der Waals surface area contributed by atoms with Gasteiger partial charge in [0, 0.05) is 18.3 Å². The van der Waals surface area contributed by atoms with E-state index in [-0.39, 0.29) is 18.2 Å². The number of nitro benzene ring substituents is 1. The number of nitrogens with zero attached hydrogens (tertiary/aromatic N) is 2. The third-order valence-corrected chi connectivity index (χ3v) is 3.17. The molecule has 0 spiro atoms. The second-order valence-corrected chi connectivity index (χ2v) is 5.08. The van der Waals surface area contributed by atoms with Gasteiger partial charge in [0.15, 0.2) is 6.61 Å². The summed E-state index contributed by atoms with van der Waals surface area (Å²) in [5.74, 6) is 0.260. The molecular formula is C18H17N3O4. The number of ether oxygens (including phenoxy) is 1. The first-order chi connectivity index (χ1) is 12.1. The van der Waals surface area contributed by atoms with Crippen LogP contribution < -0.4 is 10.2 Å². The van der Waals surface area contributed by atoms with Gasteiger partial charge in [-0.25, -0.2) is 5.43 Å². The van der Waals surface area contributed by atoms with E-state index in [2.05, 4.69) is 10.5 Å². The fraction of sp³-hybridized carbons (Fsp3) is 0.111. The van der Waals surface area contributed by atoms with Crippen molar-refractivity contribution >= 4 is 23.9 Å². The second-order valence-electron chi connectivity index (χ2n) is 5.08. The number of hydrazone groups is 1. The number of carbonyl (C=O) groups excluding carboxylic acids is 1. The Morgan fingerprint density at radius 3 is 2.84 bits per heavy atom. The van der Waals surface area contributed by atoms with Crippen molar-refractivity contribution < 1.29 is 14.5 Å². The molecule has 0 radical (unpaired) electrons. The molecule has 0 saturated carbocycles. The van der Waals surface area contributed by atoms with Crippen molar-refractivity contribution in [2.45, 2.75) is 6.92 Å². The molecule has 7 nitrogen and oxygen atoms in total. The predicted octanol–water partition coefficient (Wildman–Crippen LogP) is 3.10. The number of hydrogen-bond acceptors (Lipinski definition) is 5. The van der Waals surface area contributed by atoms with Crippen LogP contribution in [0.1, 0.15) is 11.1 Å². The Labute approximate surface area is 144 Å². The highest BCUT2D eigenvalue weighted by Crippen LogP contribution is 2.15. The molecule has 2 rings (SSSR count). The van der Waals surface area contributed by atoms with Gasteiger partial charge >= 0.3 is 0 Å². The zero-order valence-electron chi connectivity index (χ0n) is 13.6. The number of benzene rings is 2. The van der Waals surface area contributed by atoms with E-state index in [1.165, 1.54) is 18.3 Å². The summed E-state index contributed by atoms with van der Waals surface area (Å²) in [7, 11) is 0. The van der Waals surface area contributed by atoms with Crippen molar-refractivity contribution in [3.05, 3.63) is 75.8 Å². The average molecular weight is 339 g/mol. The minimum atomic E-state index is -0.458. The maximum Gasteiger partial charge on any atom is 0.277 e. The molecule has 0 aliphatic carbocycles. The molecule has 0 bridgehead atoms. The number of para-hydroxylation sites is 1. The molecule has 0 aliphatic rings. The van der Waals surface area contributed by atoms with Crippen molar-refractivity contribution in [1.29, 1.82) is 0 Å². The van der Waals surface area contributed by atoms with E-state index < -0.39 is 4.92 Å². The van der Waals surface area contributed by atoms with Gasteiger partial charge in [-0.2, -0.15) is 5.10 Å². The number of carbonyl (C=O) groups is 1. The largest absolute Gasteiger partial charge is 0.483 e. The summed E-state index contributed by atoms with van der Waals surface area (Å²) in [4.78, 5) is 21.9. The summed E-state index contributed by atoms with van der Waals surface area (Å²) in [5.41, 5.74) is 3.95. The van der Waals surface area contributed by atoms with Gasteiger partial charge in [0.25, 0.3) is 11.6 Å². The number of hydrogen-bond donors (Lipinski definition) is 1. The fourth-order valence-electron chi connectivity index (χ4n) is 1.94. The minimum Gasteiger partial charge on any atom is -0.483 e. The lowest BCUT2D eigenvalue weighted by atomic mass is 10.2. The molecule has 128 valence electrons. The van der Waals surface area contributed by atoms with Crippen molar-refractivity contribution in [3.8, 4) is 5.75 Å². The highest BCUT2D eigenvalue weighted by Gasteiger charge is 2.04. The van der Waals surface area contributed by atoms with Crippen LogP contribution in [0.25, 0.3) is 6.08 Å². The molecule has 1 N–H and O–H groups in total. The van der Waals surface area contributed by atoms with E-state index in [4.69, 9.17) is 4.74 Å². The number of nitrogens with one attached hydrogen (secondary N) is 1. The molecule has 1 amide bonds. The van der Waals surface area contributed by atoms with Gasteiger partial charge in [0.2, 0.25) is 0 Å². The van der Waals surface area contributed by atoms with Crippen LogP contribution in [-0.2, 0) is 4.79 Å². The Morgan fingerprint density at radius 2 is 2.08 bits per heavy atom. The van der Waals surface area contributed by atoms with Crippen LogP contribution in [0.4, 0.5) is 5.69 Å². The lowest BCUT2D eigenvalue weighted by Gasteiger charge is -2.07. The van der Waals surface area contributed by atoms with E-state index in [1.807, 2.05) is 25.1 Å². The molecule has 0 heterocycles. The number of allylic oxidation sites excluding steroid dienone is 1. The van der Waals surface area contributed by atoms with Crippen LogP contribution in [0.5, 0.6) is 5.75 Å². The quantitative estimate of drug-likeness (QED) is 0.476. The Hall–Kier alpha value is -3.48. The normalized spacial score (nSPS) is 10.9. The van der Waals surface area contributed by atoms with Crippen molar-refractivity contribution in [2.24, 2.45) is 5.10 Å². The molecule has 0 aromatic heterocycles. The maximum absolute atomic E-state index is 11.6. The van der Waals surface area contributed by atoms with Gasteiger partial charge < -0.3 is 4.74 Å². The number of aryl methyl sites for hydroxylation is 1. The first-order valence-electron chi connectivity index (χ1n) is 7.48. The lowest BCUT2D eigenvalue weighted by molar-refractivity contribution is -0.384. The van der Waals surface area contributed by atoms with Crippen molar-refractivity contribution in [3.63, 3.8) is 0 Å². The highest BCUT2D eigenvalue weighted by atomic mass is 16.6. The predicted molar refractivity (Wildman–Crippen MR) is 95.4 cm³/mol. The van der Waals surface area contributed by atoms with Gasteiger partial charge in [-0.3, -0.25) is 14.9 Å². The van der Waals surface area contributed by atoms with Crippen LogP contribution in [-0.4, -0.2) is 23.7 Å². The van der Waals surface area contributed by atoms with Gasteiger partial charge in [-0.15, -0.1) is 0 Å². The Bertz CT molecular complexity index is 815. The Morgan fingerprint density at radius 1 is 1.28 bits per heavy atom. The number of nitro groups is 1. The first-order valence-corrected chi connectivity index (χ1v) is 7.48. The van der Waals surface area contributed by atoms with Crippen LogP contribution in [0, 0.1) is 17.0 Å². The van der Waals surface area contributed by atoms with Crippen LogP contribution in [0.15, 0.2) is 59.7 Å². The maximum atomic E-state index is 11.6. The Balaban J connectivity index is 1.79. The monoisotopic (exact) mass is 339 g/mol. The van der Waals surface area contributed by atoms with E-state index in [0.29, 0.717) is 11.3 Å². The van der Waals surface area contributed by atoms with E-state index >= 15 is 0 Å². The third-order valence-electron chi connectivity index (χ3n) is 3.17. The lowest BCUT2D eigenvalue weighted by Crippen LogP contribution is -2.24. The van der Waals surface area contributed by atoms with Gasteiger partial charge in [0.1, 0.15) is 5.75 Å². The molecule has 2 aromatic carbocycles. The zero-order chi connectivity index (χ0) is 18.1. The highest BCUT2D eigenvalue weighted by molar-refractivity contribution is 5.82. The molecule has 0 atom stereocenters. The second kappa shape index (κ2) is 8.97. The summed E-state index contributed by atoms with van der Waals surface area (Å²) in [5, 5.41) is 14.4. The third kappa shape index (κ3) is 5.91. The number of rotatable bonds is 7. The standard InChI is InChI=1S/C18H17N3O4/c1-14-6-2-3-10-17(14)25-13-18(22)20-19-11-5-8-15-7-4-9-16(12-15)21(23)24/h2-12H,13H2,1H3,(H,20,22)/b8-5+,19-11+. The van der Waals surface area contributed by atoms with Crippen LogP contribution in [0.2, 0.25) is 0 Å². The molecular weight excluding hydrogens is 322 g/mol. The van der Waals surface area contributed by atoms with Gasteiger partial charge in [0.05, 0.1) is 4.92 Å². The average Bonchev–Trinajstić information content (AvgIpc) is 2.61. The van der Waals surface area contributed by atoms with E-state index in [9.17, 15) is 14.9 Å². The van der Waals surface area contributed by atoms with Crippen molar-refractivity contribution in [2.75, 3.05) is 6.61 Å². The van der Waals surface area contributed by atoms with Crippen LogP contribution >= 0.6 is 0 Å². The number of amides is 1. The summed E-state index contributed by atoms with van der Waals surface area (Å²) < 4.78 is 5.39. The SMILES string of the molecule is Cc1ccccc1OCC(=O)N/N=C/C=C/c1cccc([N+](=O)[O-])c1. The van der Waals surface area contributed by atoms with Gasteiger partial charge in [-0.05, 0) is 30.2 Å². The summed E-state index contributed by atoms with van der Waals surface area (Å²) in [6.07, 6.45) is 4.60. The molecule has 2 aromatic rings. The zero-order valence-corrected chi connectivity index (χ0v) is 13.6. The summed E-state index contributed by atoms with van der Waals surface area (Å²) in [6.45, 7) is 1.75.